The van der Waals surface area contributed by atoms with Crippen molar-refractivity contribution in [1.82, 2.24) is 10.3 Å². The average molecular weight is 351 g/mol. The number of pyridine rings is 1. The zero-order valence-corrected chi connectivity index (χ0v) is 14.8. The Balaban J connectivity index is 1.97. The Bertz CT molecular complexity index is 912. The van der Waals surface area contributed by atoms with Crippen molar-refractivity contribution in [2.45, 2.75) is 0 Å². The predicted molar refractivity (Wildman–Crippen MR) is 102 cm³/mol. The van der Waals surface area contributed by atoms with Gasteiger partial charge in [0, 0.05) is 19.0 Å². The van der Waals surface area contributed by atoms with Gasteiger partial charge in [-0.15, -0.1) is 0 Å². The van der Waals surface area contributed by atoms with Crippen molar-refractivity contribution in [3.05, 3.63) is 60.2 Å². The van der Waals surface area contributed by atoms with Gasteiger partial charge in [0.15, 0.2) is 0 Å². The minimum absolute atomic E-state index is 0.163. The molecule has 1 heterocycles. The number of amides is 1. The van der Waals surface area contributed by atoms with Crippen LogP contribution in [-0.4, -0.2) is 38.3 Å². The summed E-state index contributed by atoms with van der Waals surface area (Å²) in [6, 6.07) is 16.9. The number of ether oxygens (including phenoxy) is 2. The van der Waals surface area contributed by atoms with Crippen LogP contribution in [0, 0.1) is 0 Å². The van der Waals surface area contributed by atoms with Crippen LogP contribution in [0.1, 0.15) is 10.4 Å². The molecular weight excluding hydrogens is 330 g/mol. The van der Waals surface area contributed by atoms with Gasteiger partial charge in [0.2, 0.25) is 0 Å². The maximum Gasteiger partial charge on any atom is 0.252 e. The Morgan fingerprint density at radius 3 is 2.65 bits per heavy atom. The summed E-state index contributed by atoms with van der Waals surface area (Å²) >= 11 is 0. The molecule has 26 heavy (non-hydrogen) atoms. The second-order valence-electron chi connectivity index (χ2n) is 5.65. The summed E-state index contributed by atoms with van der Waals surface area (Å²) in [4.78, 5) is 17.2. The summed E-state index contributed by atoms with van der Waals surface area (Å²) in [5.41, 5.74) is 2.08. The summed E-state index contributed by atoms with van der Waals surface area (Å²) in [5, 5.41) is 6.90. The molecule has 134 valence electrons. The molecule has 0 spiro atoms. The van der Waals surface area contributed by atoms with Crippen LogP contribution < -0.4 is 15.4 Å². The highest BCUT2D eigenvalue weighted by Gasteiger charge is 2.13. The molecule has 0 radical (unpaired) electrons. The molecule has 1 aromatic heterocycles. The van der Waals surface area contributed by atoms with E-state index >= 15 is 0 Å². The summed E-state index contributed by atoms with van der Waals surface area (Å²) in [5.74, 6) is 1.11. The maximum atomic E-state index is 12.6. The number of nitrogens with zero attached hydrogens (tertiary/aromatic N) is 1. The fourth-order valence-electron chi connectivity index (χ4n) is 2.68. The van der Waals surface area contributed by atoms with Crippen LogP contribution in [0.2, 0.25) is 0 Å². The third kappa shape index (κ3) is 3.92. The number of methoxy groups -OCH3 is 2. The summed E-state index contributed by atoms with van der Waals surface area (Å²) in [6.45, 7) is 0.905. The van der Waals surface area contributed by atoms with Gasteiger partial charge in [0.1, 0.15) is 11.6 Å². The molecule has 0 saturated carbocycles. The van der Waals surface area contributed by atoms with Gasteiger partial charge in [-0.05, 0) is 24.3 Å². The highest BCUT2D eigenvalue weighted by atomic mass is 16.5. The minimum atomic E-state index is -0.163. The first kappa shape index (κ1) is 17.7. The number of nitrogens with one attached hydrogen (secondary N) is 2. The lowest BCUT2D eigenvalue weighted by Crippen LogP contribution is -2.27. The maximum absolute atomic E-state index is 12.6. The van der Waals surface area contributed by atoms with Crippen molar-refractivity contribution in [3.63, 3.8) is 0 Å². The molecule has 1 amide bonds. The molecule has 0 bridgehead atoms. The molecule has 2 aromatic carbocycles. The summed E-state index contributed by atoms with van der Waals surface area (Å²) in [6.07, 6.45) is 0. The molecule has 6 nitrogen and oxygen atoms in total. The highest BCUT2D eigenvalue weighted by Crippen LogP contribution is 2.28. The highest BCUT2D eigenvalue weighted by molar-refractivity contribution is 6.07. The van der Waals surface area contributed by atoms with E-state index in [1.165, 1.54) is 0 Å². The fraction of sp³-hybridized carbons (Fsp3) is 0.200. The number of hydrogen-bond acceptors (Lipinski definition) is 5. The smallest absolute Gasteiger partial charge is 0.252 e. The summed E-state index contributed by atoms with van der Waals surface area (Å²) < 4.78 is 10.4. The zero-order chi connectivity index (χ0) is 18.4. The first-order valence-electron chi connectivity index (χ1n) is 8.30. The molecule has 0 aliphatic rings. The summed E-state index contributed by atoms with van der Waals surface area (Å²) in [7, 11) is 3.21. The predicted octanol–water partition coefficient (Wildman–Crippen LogP) is 3.36. The number of fused-ring (bicyclic) bond motifs is 1. The lowest BCUT2D eigenvalue weighted by molar-refractivity contribution is 0.0938. The van der Waals surface area contributed by atoms with Gasteiger partial charge in [0.25, 0.3) is 5.91 Å². The van der Waals surface area contributed by atoms with Crippen molar-refractivity contribution >= 4 is 28.3 Å². The zero-order valence-electron chi connectivity index (χ0n) is 14.8. The molecule has 3 aromatic rings. The van der Waals surface area contributed by atoms with Gasteiger partial charge in [-0.1, -0.05) is 30.3 Å². The van der Waals surface area contributed by atoms with E-state index in [-0.39, 0.29) is 5.91 Å². The second kappa shape index (κ2) is 8.31. The molecule has 6 heteroatoms. The van der Waals surface area contributed by atoms with Crippen LogP contribution in [0.25, 0.3) is 10.9 Å². The van der Waals surface area contributed by atoms with Gasteiger partial charge < -0.3 is 20.1 Å². The van der Waals surface area contributed by atoms with E-state index in [9.17, 15) is 4.79 Å². The van der Waals surface area contributed by atoms with Crippen LogP contribution >= 0.6 is 0 Å². The van der Waals surface area contributed by atoms with E-state index in [4.69, 9.17) is 9.47 Å². The first-order valence-corrected chi connectivity index (χ1v) is 8.30. The topological polar surface area (TPSA) is 72.5 Å². The Morgan fingerprint density at radius 2 is 1.85 bits per heavy atom. The van der Waals surface area contributed by atoms with Crippen LogP contribution in [0.5, 0.6) is 5.75 Å². The third-order valence-corrected chi connectivity index (χ3v) is 3.92. The van der Waals surface area contributed by atoms with Crippen LogP contribution in [0.15, 0.2) is 54.6 Å². The number of rotatable bonds is 7. The Labute approximate surface area is 152 Å². The lowest BCUT2D eigenvalue weighted by atomic mass is 10.1. The Hall–Kier alpha value is -3.12. The molecule has 0 unspecified atom stereocenters. The third-order valence-electron chi connectivity index (χ3n) is 3.92. The van der Waals surface area contributed by atoms with E-state index in [1.54, 1.807) is 20.3 Å². The SMILES string of the molecule is COCCNC(=O)c1cc(Nc2ccccc2OC)nc2ccccc12. The van der Waals surface area contributed by atoms with E-state index in [0.29, 0.717) is 30.3 Å². The molecule has 0 saturated heterocycles. The first-order chi connectivity index (χ1) is 12.7. The number of benzene rings is 2. The monoisotopic (exact) mass is 351 g/mol. The molecule has 0 aliphatic heterocycles. The van der Waals surface area contributed by atoms with Gasteiger partial charge >= 0.3 is 0 Å². The van der Waals surface area contributed by atoms with Gasteiger partial charge in [0.05, 0.1) is 30.5 Å². The lowest BCUT2D eigenvalue weighted by Gasteiger charge is -2.13. The molecule has 2 N–H and O–H groups in total. The normalized spacial score (nSPS) is 10.5. The average Bonchev–Trinajstić information content (AvgIpc) is 2.68. The van der Waals surface area contributed by atoms with Crippen LogP contribution in [0.4, 0.5) is 11.5 Å². The number of para-hydroxylation sites is 3. The quantitative estimate of drug-likeness (QED) is 0.639. The number of anilines is 2. The van der Waals surface area contributed by atoms with Crippen LogP contribution in [0.3, 0.4) is 0 Å². The van der Waals surface area contributed by atoms with Crippen molar-refractivity contribution in [1.29, 1.82) is 0 Å². The number of aromatic nitrogens is 1. The van der Waals surface area contributed by atoms with Gasteiger partial charge in [-0.3, -0.25) is 4.79 Å². The number of carbonyl (C=O) groups excluding carboxylic acids is 1. The number of carbonyl (C=O) groups is 1. The van der Waals surface area contributed by atoms with Crippen molar-refractivity contribution in [2.75, 3.05) is 32.7 Å². The van der Waals surface area contributed by atoms with E-state index in [0.717, 1.165) is 16.6 Å². The fourth-order valence-corrected chi connectivity index (χ4v) is 2.68. The van der Waals surface area contributed by atoms with E-state index in [2.05, 4.69) is 15.6 Å². The second-order valence-corrected chi connectivity index (χ2v) is 5.65. The van der Waals surface area contributed by atoms with Crippen molar-refractivity contribution < 1.29 is 14.3 Å². The van der Waals surface area contributed by atoms with Crippen LogP contribution in [-0.2, 0) is 4.74 Å². The van der Waals surface area contributed by atoms with E-state index in [1.807, 2.05) is 48.5 Å². The van der Waals surface area contributed by atoms with Gasteiger partial charge in [-0.25, -0.2) is 4.98 Å². The standard InChI is InChI=1S/C20H21N3O3/c1-25-12-11-21-20(24)15-13-19(22-16-8-4-3-7-14(15)16)23-17-9-5-6-10-18(17)26-2/h3-10,13H,11-12H2,1-2H3,(H,21,24)(H,22,23). The Morgan fingerprint density at radius 1 is 1.08 bits per heavy atom. The largest absolute Gasteiger partial charge is 0.495 e. The van der Waals surface area contributed by atoms with Crippen molar-refractivity contribution in [2.24, 2.45) is 0 Å². The molecule has 3 rings (SSSR count). The van der Waals surface area contributed by atoms with Gasteiger partial charge in [-0.2, -0.15) is 0 Å². The molecular formula is C20H21N3O3. The Kier molecular flexibility index (Phi) is 5.66. The number of hydrogen-bond donors (Lipinski definition) is 2. The van der Waals surface area contributed by atoms with Crippen molar-refractivity contribution in [3.8, 4) is 5.75 Å². The van der Waals surface area contributed by atoms with E-state index < -0.39 is 0 Å². The molecule has 0 aliphatic carbocycles. The minimum Gasteiger partial charge on any atom is -0.495 e. The molecule has 0 fully saturated rings. The molecule has 0 atom stereocenters.